The molecular weight excluding hydrogens is 172 g/mol. The number of likely N-dealkylation sites (tertiary alicyclic amines) is 1. The van der Waals surface area contributed by atoms with Crippen molar-refractivity contribution in [1.29, 1.82) is 0 Å². The van der Waals surface area contributed by atoms with E-state index in [-0.39, 0.29) is 5.41 Å². The molecule has 0 aromatic heterocycles. The molecule has 84 valence electrons. The first kappa shape index (κ1) is 12.0. The summed E-state index contributed by atoms with van der Waals surface area (Å²) in [6.07, 6.45) is 4.10. The topological polar surface area (TPSA) is 29.3 Å². The molecule has 1 heterocycles. The maximum absolute atomic E-state index is 5.79. The molecule has 0 unspecified atom stereocenters. The molecule has 0 amide bonds. The second-order valence-corrected chi connectivity index (χ2v) is 5.67. The standard InChI is InChI=1S/C12H26N2/c1-10-6-5-7-11(2)14(10)9-12(3,4)8-13/h10-11H,5-9,13H2,1-4H3/t10-,11+. The monoisotopic (exact) mass is 198 g/mol. The van der Waals surface area contributed by atoms with Gasteiger partial charge in [-0.05, 0) is 38.6 Å². The Morgan fingerprint density at radius 2 is 1.71 bits per heavy atom. The smallest absolute Gasteiger partial charge is 0.00699 e. The molecule has 0 saturated carbocycles. The zero-order chi connectivity index (χ0) is 10.8. The van der Waals surface area contributed by atoms with Gasteiger partial charge in [0.15, 0.2) is 0 Å². The zero-order valence-corrected chi connectivity index (χ0v) is 10.2. The van der Waals surface area contributed by atoms with Crippen molar-refractivity contribution in [3.8, 4) is 0 Å². The van der Waals surface area contributed by atoms with Gasteiger partial charge in [0.1, 0.15) is 0 Å². The van der Waals surface area contributed by atoms with Crippen LogP contribution in [0.15, 0.2) is 0 Å². The summed E-state index contributed by atoms with van der Waals surface area (Å²) in [7, 11) is 0. The lowest BCUT2D eigenvalue weighted by Gasteiger charge is -2.43. The molecule has 1 aliphatic rings. The summed E-state index contributed by atoms with van der Waals surface area (Å²) < 4.78 is 0. The van der Waals surface area contributed by atoms with Gasteiger partial charge in [0.25, 0.3) is 0 Å². The largest absolute Gasteiger partial charge is 0.330 e. The van der Waals surface area contributed by atoms with Crippen LogP contribution >= 0.6 is 0 Å². The van der Waals surface area contributed by atoms with Crippen LogP contribution in [-0.2, 0) is 0 Å². The molecule has 1 aliphatic heterocycles. The molecule has 0 aromatic carbocycles. The number of hydrogen-bond donors (Lipinski definition) is 1. The third-order valence-electron chi connectivity index (χ3n) is 3.54. The Balaban J connectivity index is 2.56. The molecule has 2 atom stereocenters. The average Bonchev–Trinajstić information content (AvgIpc) is 2.12. The molecule has 2 nitrogen and oxygen atoms in total. The van der Waals surface area contributed by atoms with Gasteiger partial charge in [-0.1, -0.05) is 20.3 Å². The number of hydrogen-bond acceptors (Lipinski definition) is 2. The lowest BCUT2D eigenvalue weighted by atomic mass is 9.89. The second kappa shape index (κ2) is 4.63. The molecule has 0 spiro atoms. The van der Waals surface area contributed by atoms with Gasteiger partial charge in [-0.15, -0.1) is 0 Å². The van der Waals surface area contributed by atoms with Gasteiger partial charge in [-0.2, -0.15) is 0 Å². The van der Waals surface area contributed by atoms with Gasteiger partial charge in [-0.3, -0.25) is 4.90 Å². The van der Waals surface area contributed by atoms with E-state index in [0.717, 1.165) is 25.2 Å². The first-order chi connectivity index (χ1) is 6.46. The highest BCUT2D eigenvalue weighted by Gasteiger charge is 2.29. The maximum atomic E-state index is 5.79. The molecule has 0 bridgehead atoms. The molecule has 1 rings (SSSR count). The summed E-state index contributed by atoms with van der Waals surface area (Å²) in [5.41, 5.74) is 6.05. The third kappa shape index (κ3) is 2.96. The molecule has 0 radical (unpaired) electrons. The van der Waals surface area contributed by atoms with E-state index in [1.165, 1.54) is 19.3 Å². The van der Waals surface area contributed by atoms with Crippen molar-refractivity contribution in [1.82, 2.24) is 4.90 Å². The molecule has 0 aliphatic carbocycles. The number of nitrogens with zero attached hydrogens (tertiary/aromatic N) is 1. The fourth-order valence-electron chi connectivity index (χ4n) is 2.35. The summed E-state index contributed by atoms with van der Waals surface area (Å²) in [5, 5.41) is 0. The predicted octanol–water partition coefficient (Wildman–Crippen LogP) is 2.23. The quantitative estimate of drug-likeness (QED) is 0.753. The summed E-state index contributed by atoms with van der Waals surface area (Å²) >= 11 is 0. The summed E-state index contributed by atoms with van der Waals surface area (Å²) in [6, 6.07) is 1.48. The predicted molar refractivity (Wildman–Crippen MR) is 62.3 cm³/mol. The lowest BCUT2D eigenvalue weighted by Crippen LogP contribution is -2.49. The van der Waals surface area contributed by atoms with Crippen LogP contribution < -0.4 is 5.73 Å². The maximum Gasteiger partial charge on any atom is 0.00699 e. The van der Waals surface area contributed by atoms with Crippen molar-refractivity contribution in [3.05, 3.63) is 0 Å². The zero-order valence-electron chi connectivity index (χ0n) is 10.2. The Labute approximate surface area is 88.8 Å². The van der Waals surface area contributed by atoms with Gasteiger partial charge >= 0.3 is 0 Å². The van der Waals surface area contributed by atoms with Gasteiger partial charge in [-0.25, -0.2) is 0 Å². The van der Waals surface area contributed by atoms with Gasteiger partial charge in [0, 0.05) is 18.6 Å². The van der Waals surface area contributed by atoms with E-state index in [9.17, 15) is 0 Å². The van der Waals surface area contributed by atoms with E-state index < -0.39 is 0 Å². The minimum atomic E-state index is 0.264. The van der Waals surface area contributed by atoms with Gasteiger partial charge in [0.2, 0.25) is 0 Å². The first-order valence-corrected chi connectivity index (χ1v) is 5.92. The lowest BCUT2D eigenvalue weighted by molar-refractivity contribution is 0.0631. The van der Waals surface area contributed by atoms with Crippen molar-refractivity contribution in [2.45, 2.75) is 59.0 Å². The van der Waals surface area contributed by atoms with E-state index in [4.69, 9.17) is 5.73 Å². The van der Waals surface area contributed by atoms with E-state index >= 15 is 0 Å². The Bertz CT molecular complexity index is 167. The Kier molecular flexibility index (Phi) is 3.96. The number of piperidine rings is 1. The molecule has 0 aromatic rings. The van der Waals surface area contributed by atoms with Crippen LogP contribution in [0.25, 0.3) is 0 Å². The normalized spacial score (nSPS) is 30.6. The first-order valence-electron chi connectivity index (χ1n) is 5.92. The van der Waals surface area contributed by atoms with Crippen molar-refractivity contribution in [2.75, 3.05) is 13.1 Å². The fraction of sp³-hybridized carbons (Fsp3) is 1.00. The third-order valence-corrected chi connectivity index (χ3v) is 3.54. The Morgan fingerprint density at radius 3 is 2.14 bits per heavy atom. The minimum Gasteiger partial charge on any atom is -0.330 e. The van der Waals surface area contributed by atoms with Gasteiger partial charge in [0.05, 0.1) is 0 Å². The molecular formula is C12H26N2. The molecule has 1 saturated heterocycles. The number of rotatable bonds is 3. The van der Waals surface area contributed by atoms with E-state index in [1.807, 2.05) is 0 Å². The van der Waals surface area contributed by atoms with Crippen LogP contribution in [0, 0.1) is 5.41 Å². The van der Waals surface area contributed by atoms with Crippen LogP contribution in [0.5, 0.6) is 0 Å². The van der Waals surface area contributed by atoms with Crippen LogP contribution in [0.1, 0.15) is 47.0 Å². The summed E-state index contributed by atoms with van der Waals surface area (Å²) in [6.45, 7) is 11.2. The highest BCUT2D eigenvalue weighted by atomic mass is 15.2. The van der Waals surface area contributed by atoms with Crippen molar-refractivity contribution < 1.29 is 0 Å². The highest BCUT2D eigenvalue weighted by Crippen LogP contribution is 2.26. The van der Waals surface area contributed by atoms with E-state index in [0.29, 0.717) is 0 Å². The van der Waals surface area contributed by atoms with E-state index in [2.05, 4.69) is 32.6 Å². The number of nitrogens with two attached hydrogens (primary N) is 1. The SMILES string of the molecule is C[C@@H]1CCC[C@H](C)N1CC(C)(C)CN. The summed E-state index contributed by atoms with van der Waals surface area (Å²) in [4.78, 5) is 2.64. The molecule has 14 heavy (non-hydrogen) atoms. The average molecular weight is 198 g/mol. The van der Waals surface area contributed by atoms with Crippen molar-refractivity contribution in [2.24, 2.45) is 11.1 Å². The Hall–Kier alpha value is -0.0800. The van der Waals surface area contributed by atoms with Crippen LogP contribution in [-0.4, -0.2) is 30.1 Å². The highest BCUT2D eigenvalue weighted by molar-refractivity contribution is 4.84. The fourth-order valence-corrected chi connectivity index (χ4v) is 2.35. The Morgan fingerprint density at radius 1 is 1.21 bits per heavy atom. The molecule has 2 N–H and O–H groups in total. The van der Waals surface area contributed by atoms with Crippen molar-refractivity contribution in [3.63, 3.8) is 0 Å². The van der Waals surface area contributed by atoms with Crippen LogP contribution in [0.4, 0.5) is 0 Å². The van der Waals surface area contributed by atoms with Gasteiger partial charge < -0.3 is 5.73 Å². The second-order valence-electron chi connectivity index (χ2n) is 5.67. The van der Waals surface area contributed by atoms with Crippen LogP contribution in [0.2, 0.25) is 0 Å². The van der Waals surface area contributed by atoms with Crippen molar-refractivity contribution >= 4 is 0 Å². The van der Waals surface area contributed by atoms with E-state index in [1.54, 1.807) is 0 Å². The molecule has 1 fully saturated rings. The molecule has 2 heteroatoms. The minimum absolute atomic E-state index is 0.264. The summed E-state index contributed by atoms with van der Waals surface area (Å²) in [5.74, 6) is 0. The van der Waals surface area contributed by atoms with Crippen LogP contribution in [0.3, 0.4) is 0 Å².